The van der Waals surface area contributed by atoms with Gasteiger partial charge in [0, 0.05) is 23.6 Å². The van der Waals surface area contributed by atoms with Gasteiger partial charge in [0.25, 0.3) is 0 Å². The molecule has 0 saturated heterocycles. The first-order chi connectivity index (χ1) is 13.1. The fourth-order valence-electron chi connectivity index (χ4n) is 3.19. The molecule has 1 aromatic heterocycles. The van der Waals surface area contributed by atoms with Crippen LogP contribution in [-0.4, -0.2) is 31.7 Å². The van der Waals surface area contributed by atoms with Crippen LogP contribution in [-0.2, 0) is 13.0 Å². The maximum absolute atomic E-state index is 6.01. The van der Waals surface area contributed by atoms with Gasteiger partial charge in [-0.2, -0.15) is 0 Å². The smallest absolute Gasteiger partial charge is 0.188 e. The highest BCUT2D eigenvalue weighted by Crippen LogP contribution is 2.27. The summed E-state index contributed by atoms with van der Waals surface area (Å²) in [7, 11) is 3.24. The van der Waals surface area contributed by atoms with Crippen molar-refractivity contribution in [3.8, 4) is 11.5 Å². The molecule has 4 N–H and O–H groups in total. The lowest BCUT2D eigenvalue weighted by atomic mass is 10.1. The number of nitrogens with zero attached hydrogens (tertiary/aromatic N) is 1. The lowest BCUT2D eigenvalue weighted by molar-refractivity contribution is 0.354. The normalized spacial score (nSPS) is 11.6. The number of aliphatic imine (C=N–C) groups is 1. The zero-order valence-corrected chi connectivity index (χ0v) is 16.0. The molecule has 0 atom stereocenters. The van der Waals surface area contributed by atoms with E-state index < -0.39 is 0 Å². The first kappa shape index (κ1) is 18.6. The zero-order chi connectivity index (χ0) is 19.2. The van der Waals surface area contributed by atoms with Crippen molar-refractivity contribution in [3.63, 3.8) is 0 Å². The summed E-state index contributed by atoms with van der Waals surface area (Å²) in [6.45, 7) is 3.33. The van der Waals surface area contributed by atoms with E-state index in [-0.39, 0.29) is 0 Å². The molecule has 0 fully saturated rings. The predicted octanol–water partition coefficient (Wildman–Crippen LogP) is 3.14. The Kier molecular flexibility index (Phi) is 5.86. The highest BCUT2D eigenvalue weighted by atomic mass is 16.5. The summed E-state index contributed by atoms with van der Waals surface area (Å²) in [5.41, 5.74) is 10.7. The number of fused-ring (bicyclic) bond motifs is 1. The van der Waals surface area contributed by atoms with E-state index in [0.29, 0.717) is 24.0 Å². The van der Waals surface area contributed by atoms with Crippen molar-refractivity contribution in [1.29, 1.82) is 0 Å². The van der Waals surface area contributed by atoms with E-state index in [1.807, 2.05) is 18.2 Å². The van der Waals surface area contributed by atoms with Gasteiger partial charge in [0.2, 0.25) is 0 Å². The molecule has 0 aliphatic rings. The molecule has 0 aliphatic carbocycles. The average Bonchev–Trinajstić information content (AvgIpc) is 3.10. The maximum Gasteiger partial charge on any atom is 0.188 e. The third kappa shape index (κ3) is 4.34. The van der Waals surface area contributed by atoms with Gasteiger partial charge in [-0.3, -0.25) is 0 Å². The summed E-state index contributed by atoms with van der Waals surface area (Å²) in [6.07, 6.45) is 2.94. The van der Waals surface area contributed by atoms with E-state index in [4.69, 9.17) is 15.2 Å². The van der Waals surface area contributed by atoms with Crippen molar-refractivity contribution >= 4 is 16.9 Å². The van der Waals surface area contributed by atoms with E-state index in [1.165, 1.54) is 22.0 Å². The Morgan fingerprint density at radius 2 is 1.96 bits per heavy atom. The van der Waals surface area contributed by atoms with Gasteiger partial charge in [0.15, 0.2) is 17.5 Å². The lowest BCUT2D eigenvalue weighted by Crippen LogP contribution is -2.33. The zero-order valence-electron chi connectivity index (χ0n) is 16.0. The fraction of sp³-hybridized carbons (Fsp3) is 0.286. The van der Waals surface area contributed by atoms with Gasteiger partial charge in [-0.1, -0.05) is 18.2 Å². The molecule has 0 bridgehead atoms. The minimum atomic E-state index is 0.432. The Morgan fingerprint density at radius 1 is 1.15 bits per heavy atom. The van der Waals surface area contributed by atoms with Crippen molar-refractivity contribution < 1.29 is 9.47 Å². The van der Waals surface area contributed by atoms with Crippen molar-refractivity contribution in [2.24, 2.45) is 10.7 Å². The summed E-state index contributed by atoms with van der Waals surface area (Å²) >= 11 is 0. The summed E-state index contributed by atoms with van der Waals surface area (Å²) in [5.74, 6) is 1.82. The van der Waals surface area contributed by atoms with Gasteiger partial charge in [-0.05, 0) is 48.2 Å². The molecule has 6 heteroatoms. The van der Waals surface area contributed by atoms with E-state index >= 15 is 0 Å². The van der Waals surface area contributed by atoms with Crippen LogP contribution in [0.5, 0.6) is 11.5 Å². The molecule has 3 aromatic rings. The molecule has 0 unspecified atom stereocenters. The van der Waals surface area contributed by atoms with Crippen LogP contribution in [0.25, 0.3) is 10.9 Å². The Balaban J connectivity index is 1.57. The van der Waals surface area contributed by atoms with Crippen LogP contribution in [0, 0.1) is 6.92 Å². The molecule has 27 heavy (non-hydrogen) atoms. The molecule has 2 aromatic carbocycles. The van der Waals surface area contributed by atoms with Gasteiger partial charge in [0.1, 0.15) is 0 Å². The number of ether oxygens (including phenoxy) is 2. The first-order valence-corrected chi connectivity index (χ1v) is 8.92. The van der Waals surface area contributed by atoms with Gasteiger partial charge in [-0.15, -0.1) is 0 Å². The standard InChI is InChI=1S/C21H26N4O2/c1-14-5-4-6-17-20(14)16(13-24-17)9-10-23-21(22)25-12-15-7-8-18(26-2)19(11-15)27-3/h4-8,11,13,24H,9-10,12H2,1-3H3,(H3,22,23,25). The highest BCUT2D eigenvalue weighted by molar-refractivity contribution is 5.86. The second-order valence-corrected chi connectivity index (χ2v) is 6.38. The highest BCUT2D eigenvalue weighted by Gasteiger charge is 2.06. The number of benzene rings is 2. The Labute approximate surface area is 159 Å². The molecule has 0 radical (unpaired) electrons. The molecule has 0 saturated carbocycles. The fourth-order valence-corrected chi connectivity index (χ4v) is 3.19. The van der Waals surface area contributed by atoms with Crippen LogP contribution in [0.3, 0.4) is 0 Å². The number of nitrogens with one attached hydrogen (secondary N) is 2. The largest absolute Gasteiger partial charge is 0.493 e. The second kappa shape index (κ2) is 8.49. The minimum Gasteiger partial charge on any atom is -0.493 e. The number of aromatic nitrogens is 1. The van der Waals surface area contributed by atoms with E-state index in [2.05, 4.69) is 46.6 Å². The minimum absolute atomic E-state index is 0.432. The van der Waals surface area contributed by atoms with E-state index in [0.717, 1.165) is 18.5 Å². The van der Waals surface area contributed by atoms with Crippen LogP contribution >= 0.6 is 0 Å². The molecule has 3 rings (SSSR count). The SMILES string of the molecule is COc1ccc(CN=C(N)NCCc2c[nH]c3cccc(C)c23)cc1OC. The number of guanidine groups is 1. The summed E-state index contributed by atoms with van der Waals surface area (Å²) in [6, 6.07) is 12.0. The monoisotopic (exact) mass is 366 g/mol. The predicted molar refractivity (Wildman–Crippen MR) is 110 cm³/mol. The molecular weight excluding hydrogens is 340 g/mol. The number of H-pyrrole nitrogens is 1. The average molecular weight is 366 g/mol. The third-order valence-electron chi connectivity index (χ3n) is 4.58. The van der Waals surface area contributed by atoms with Gasteiger partial charge >= 0.3 is 0 Å². The number of hydrogen-bond donors (Lipinski definition) is 3. The number of methoxy groups -OCH3 is 2. The number of aromatic amines is 1. The summed E-state index contributed by atoms with van der Waals surface area (Å²) < 4.78 is 10.6. The topological polar surface area (TPSA) is 84.7 Å². The van der Waals surface area contributed by atoms with Crippen molar-refractivity contribution in [1.82, 2.24) is 10.3 Å². The molecule has 1 heterocycles. The lowest BCUT2D eigenvalue weighted by Gasteiger charge is -2.09. The van der Waals surface area contributed by atoms with E-state index in [1.54, 1.807) is 14.2 Å². The maximum atomic E-state index is 6.01. The van der Waals surface area contributed by atoms with Crippen molar-refractivity contribution in [2.75, 3.05) is 20.8 Å². The molecule has 142 valence electrons. The van der Waals surface area contributed by atoms with Crippen molar-refractivity contribution in [2.45, 2.75) is 19.9 Å². The summed E-state index contributed by atoms with van der Waals surface area (Å²) in [4.78, 5) is 7.73. The van der Waals surface area contributed by atoms with Crippen LogP contribution in [0.15, 0.2) is 47.6 Å². The Bertz CT molecular complexity index is 947. The van der Waals surface area contributed by atoms with Crippen LogP contribution in [0.2, 0.25) is 0 Å². The third-order valence-corrected chi connectivity index (χ3v) is 4.58. The van der Waals surface area contributed by atoms with Crippen LogP contribution in [0.4, 0.5) is 0 Å². The summed E-state index contributed by atoms with van der Waals surface area (Å²) in [5, 5.41) is 4.48. The van der Waals surface area contributed by atoms with E-state index in [9.17, 15) is 0 Å². The van der Waals surface area contributed by atoms with Crippen LogP contribution < -0.4 is 20.5 Å². The first-order valence-electron chi connectivity index (χ1n) is 8.92. The number of rotatable bonds is 7. The van der Waals surface area contributed by atoms with Crippen LogP contribution in [0.1, 0.15) is 16.7 Å². The number of hydrogen-bond acceptors (Lipinski definition) is 3. The molecule has 0 amide bonds. The van der Waals surface area contributed by atoms with Gasteiger partial charge in [-0.25, -0.2) is 4.99 Å². The van der Waals surface area contributed by atoms with Gasteiger partial charge in [0.05, 0.1) is 20.8 Å². The molecule has 0 aliphatic heterocycles. The molecular formula is C21H26N4O2. The molecule has 0 spiro atoms. The number of nitrogens with two attached hydrogens (primary N) is 1. The Hall–Kier alpha value is -3.15. The van der Waals surface area contributed by atoms with Crippen molar-refractivity contribution in [3.05, 3.63) is 59.3 Å². The second-order valence-electron chi connectivity index (χ2n) is 6.38. The van der Waals surface area contributed by atoms with Gasteiger partial charge < -0.3 is 25.5 Å². The number of aryl methyl sites for hydroxylation is 1. The quantitative estimate of drug-likeness (QED) is 0.443. The molecule has 6 nitrogen and oxygen atoms in total. The Morgan fingerprint density at radius 3 is 2.74 bits per heavy atom.